The van der Waals surface area contributed by atoms with E-state index in [0.717, 1.165) is 32.2 Å². The second-order valence-electron chi connectivity index (χ2n) is 10.3. The summed E-state index contributed by atoms with van der Waals surface area (Å²) in [7, 11) is 0. The monoisotopic (exact) mass is 469 g/mol. The van der Waals surface area contributed by atoms with Crippen molar-refractivity contribution < 1.29 is 9.59 Å². The van der Waals surface area contributed by atoms with Crippen molar-refractivity contribution in [3.8, 4) is 6.07 Å². The lowest BCUT2D eigenvalue weighted by molar-refractivity contribution is -0.140. The van der Waals surface area contributed by atoms with Gasteiger partial charge in [-0.15, -0.1) is 0 Å². The summed E-state index contributed by atoms with van der Waals surface area (Å²) in [5.74, 6) is -0.0405. The molecule has 1 aliphatic carbocycles. The number of carbonyl (C=O) groups is 2. The van der Waals surface area contributed by atoms with Crippen molar-refractivity contribution >= 4 is 11.8 Å². The molecule has 3 fully saturated rings. The molecule has 4 atom stereocenters. The fourth-order valence-electron chi connectivity index (χ4n) is 6.73. The second kappa shape index (κ2) is 8.78. The van der Waals surface area contributed by atoms with E-state index in [0.29, 0.717) is 19.5 Å². The topological polar surface area (TPSA) is 93.7 Å². The van der Waals surface area contributed by atoms with E-state index in [-0.39, 0.29) is 36.0 Å². The molecule has 3 saturated heterocycles. The molecule has 180 valence electrons. The van der Waals surface area contributed by atoms with Gasteiger partial charge in [0.1, 0.15) is 6.04 Å². The van der Waals surface area contributed by atoms with Crippen LogP contribution >= 0.6 is 0 Å². The zero-order valence-electron chi connectivity index (χ0n) is 19.8. The largest absolute Gasteiger partial charge is 0.326 e. The van der Waals surface area contributed by atoms with Crippen molar-refractivity contribution in [2.75, 3.05) is 19.6 Å². The fraction of sp³-hybridized carbons (Fsp3) is 0.464. The summed E-state index contributed by atoms with van der Waals surface area (Å²) in [5.41, 5.74) is 11.4. The predicted octanol–water partition coefficient (Wildman–Crippen LogP) is 2.00. The third-order valence-corrected chi connectivity index (χ3v) is 8.39. The van der Waals surface area contributed by atoms with E-state index < -0.39 is 6.04 Å². The number of benzene rings is 2. The molecular formula is C28H31N5O2. The van der Waals surface area contributed by atoms with E-state index in [1.54, 1.807) is 4.90 Å². The number of hydrogen-bond donors (Lipinski definition) is 1. The van der Waals surface area contributed by atoms with Crippen LogP contribution in [0, 0.1) is 11.3 Å². The highest BCUT2D eigenvalue weighted by Crippen LogP contribution is 2.44. The van der Waals surface area contributed by atoms with Crippen LogP contribution < -0.4 is 5.73 Å². The number of nitrogens with zero attached hydrogens (tertiary/aromatic N) is 4. The maximum absolute atomic E-state index is 13.8. The van der Waals surface area contributed by atoms with Gasteiger partial charge in [0.25, 0.3) is 0 Å². The Balaban J connectivity index is 1.24. The Morgan fingerprint density at radius 2 is 1.74 bits per heavy atom. The Morgan fingerprint density at radius 1 is 1.09 bits per heavy atom. The molecule has 0 unspecified atom stereocenters. The first-order valence-electron chi connectivity index (χ1n) is 12.7. The maximum atomic E-state index is 13.8. The van der Waals surface area contributed by atoms with Gasteiger partial charge in [0.05, 0.1) is 24.2 Å². The minimum Gasteiger partial charge on any atom is -0.326 e. The van der Waals surface area contributed by atoms with Crippen LogP contribution in [0.3, 0.4) is 0 Å². The van der Waals surface area contributed by atoms with Crippen LogP contribution in [0.2, 0.25) is 0 Å². The first-order chi connectivity index (χ1) is 17.1. The maximum Gasteiger partial charge on any atom is 0.241 e. The molecular weight excluding hydrogens is 438 g/mol. The van der Waals surface area contributed by atoms with Gasteiger partial charge < -0.3 is 15.5 Å². The minimum absolute atomic E-state index is 0.0779. The molecule has 7 heteroatoms. The van der Waals surface area contributed by atoms with Gasteiger partial charge in [-0.3, -0.25) is 14.5 Å². The lowest BCUT2D eigenvalue weighted by Gasteiger charge is -2.40. The Hall–Kier alpha value is -3.21. The van der Waals surface area contributed by atoms with E-state index in [4.69, 9.17) is 5.73 Å². The molecule has 0 spiro atoms. The number of nitriles is 1. The molecule has 0 aromatic heterocycles. The second-order valence-corrected chi connectivity index (χ2v) is 10.3. The molecule has 2 N–H and O–H groups in total. The van der Waals surface area contributed by atoms with Gasteiger partial charge in [0.2, 0.25) is 11.8 Å². The Bertz CT molecular complexity index is 1160. The van der Waals surface area contributed by atoms with Gasteiger partial charge in [0, 0.05) is 25.7 Å². The number of fused-ring (bicyclic) bond motifs is 4. The number of rotatable bonds is 4. The molecule has 4 aliphatic rings. The van der Waals surface area contributed by atoms with Crippen LogP contribution in [-0.2, 0) is 22.4 Å². The van der Waals surface area contributed by atoms with Gasteiger partial charge in [0.15, 0.2) is 0 Å². The van der Waals surface area contributed by atoms with Gasteiger partial charge >= 0.3 is 0 Å². The van der Waals surface area contributed by atoms with Crippen LogP contribution in [0.15, 0.2) is 48.5 Å². The third-order valence-electron chi connectivity index (χ3n) is 8.39. The summed E-state index contributed by atoms with van der Waals surface area (Å²) >= 11 is 0. The zero-order valence-corrected chi connectivity index (χ0v) is 19.8. The smallest absolute Gasteiger partial charge is 0.241 e. The predicted molar refractivity (Wildman–Crippen MR) is 131 cm³/mol. The minimum atomic E-state index is -0.719. The van der Waals surface area contributed by atoms with Crippen LogP contribution in [0.5, 0.6) is 0 Å². The summed E-state index contributed by atoms with van der Waals surface area (Å²) in [6.07, 6.45) is 4.27. The summed E-state index contributed by atoms with van der Waals surface area (Å²) in [6, 6.07) is 17.9. The van der Waals surface area contributed by atoms with Crippen LogP contribution in [-0.4, -0.2) is 70.3 Å². The van der Waals surface area contributed by atoms with Crippen LogP contribution in [0.4, 0.5) is 0 Å². The van der Waals surface area contributed by atoms with Gasteiger partial charge in [-0.05, 0) is 54.4 Å². The number of nitrogens with two attached hydrogens (primary N) is 1. The van der Waals surface area contributed by atoms with Crippen molar-refractivity contribution in [3.05, 3.63) is 70.8 Å². The van der Waals surface area contributed by atoms with E-state index in [1.165, 1.54) is 22.3 Å². The summed E-state index contributed by atoms with van der Waals surface area (Å²) < 4.78 is 0. The fourth-order valence-corrected chi connectivity index (χ4v) is 6.73. The summed E-state index contributed by atoms with van der Waals surface area (Å²) in [5, 5.41) is 9.34. The lowest BCUT2D eigenvalue weighted by Crippen LogP contribution is -2.57. The van der Waals surface area contributed by atoms with Crippen molar-refractivity contribution in [3.63, 3.8) is 0 Å². The van der Waals surface area contributed by atoms with E-state index >= 15 is 0 Å². The lowest BCUT2D eigenvalue weighted by atomic mass is 9.92. The Kier molecular flexibility index (Phi) is 5.58. The normalized spacial score (nSPS) is 26.9. The number of hydrogen-bond acceptors (Lipinski definition) is 5. The Labute approximate surface area is 206 Å². The quantitative estimate of drug-likeness (QED) is 0.739. The molecule has 3 heterocycles. The molecule has 2 bridgehead atoms. The summed E-state index contributed by atoms with van der Waals surface area (Å²) in [6.45, 7) is 1.66. The number of amides is 2. The van der Waals surface area contributed by atoms with Gasteiger partial charge in [-0.25, -0.2) is 0 Å². The Morgan fingerprint density at radius 3 is 2.37 bits per heavy atom. The molecule has 0 saturated carbocycles. The number of carbonyl (C=O) groups excluding carboxylic acids is 2. The van der Waals surface area contributed by atoms with Crippen molar-refractivity contribution in [2.45, 2.75) is 62.3 Å². The molecule has 2 aromatic carbocycles. The molecule has 7 nitrogen and oxygen atoms in total. The van der Waals surface area contributed by atoms with E-state index in [9.17, 15) is 14.9 Å². The molecule has 2 amide bonds. The molecule has 3 aliphatic heterocycles. The highest BCUT2D eigenvalue weighted by Gasteiger charge is 2.53. The van der Waals surface area contributed by atoms with Crippen molar-refractivity contribution in [2.24, 2.45) is 5.73 Å². The zero-order chi connectivity index (χ0) is 24.1. The SMILES string of the molecule is N#C[C@@H]1CCCN1C(=O)[C@@H](N)CN1C[C@@H]2C[C@H]1C(=O)N2C1c2ccccc2CCc2ccccc21. The number of likely N-dealkylation sites (tertiary alicyclic amines) is 3. The summed E-state index contributed by atoms with van der Waals surface area (Å²) in [4.78, 5) is 32.6. The van der Waals surface area contributed by atoms with Crippen LogP contribution in [0.25, 0.3) is 0 Å². The highest BCUT2D eigenvalue weighted by molar-refractivity contribution is 5.87. The molecule has 6 rings (SSSR count). The van der Waals surface area contributed by atoms with Crippen LogP contribution in [0.1, 0.15) is 47.6 Å². The first-order valence-corrected chi connectivity index (χ1v) is 12.7. The first kappa shape index (κ1) is 22.3. The molecule has 35 heavy (non-hydrogen) atoms. The van der Waals surface area contributed by atoms with Crippen molar-refractivity contribution in [1.82, 2.24) is 14.7 Å². The van der Waals surface area contributed by atoms with E-state index in [1.807, 2.05) is 0 Å². The van der Waals surface area contributed by atoms with Gasteiger partial charge in [-0.2, -0.15) is 5.26 Å². The average molecular weight is 470 g/mol. The molecule has 0 radical (unpaired) electrons. The number of aryl methyl sites for hydroxylation is 2. The standard InChI is InChI=1S/C28H31N5O2/c29-15-20-8-5-13-32(20)27(34)24(30)17-31-16-21-14-25(31)28(35)33(21)26-22-9-3-1-6-18(22)11-12-19-7-2-4-10-23(19)26/h1-4,6-7,9-10,20-21,24-26H,5,8,11-14,16-17,30H2/t20-,21-,24-,25-/m0/s1. The highest BCUT2D eigenvalue weighted by atomic mass is 16.2. The molecule has 2 aromatic rings. The van der Waals surface area contributed by atoms with Gasteiger partial charge in [-0.1, -0.05) is 48.5 Å². The van der Waals surface area contributed by atoms with E-state index in [2.05, 4.69) is 64.4 Å². The van der Waals surface area contributed by atoms with Crippen molar-refractivity contribution in [1.29, 1.82) is 5.26 Å². The third kappa shape index (κ3) is 3.64. The number of piperazine rings is 1. The average Bonchev–Trinajstić information content (AvgIpc) is 3.56.